The van der Waals surface area contributed by atoms with Crippen LogP contribution in [0.3, 0.4) is 0 Å². The van der Waals surface area contributed by atoms with Crippen LogP contribution >= 0.6 is 0 Å². The molecule has 0 saturated heterocycles. The number of rotatable bonds is 9. The van der Waals surface area contributed by atoms with Crippen LogP contribution in [0.25, 0.3) is 0 Å². The highest BCUT2D eigenvalue weighted by atomic mass is 32.2. The number of sulfone groups is 1. The summed E-state index contributed by atoms with van der Waals surface area (Å²) in [6, 6.07) is 6.16. The van der Waals surface area contributed by atoms with Gasteiger partial charge in [0, 0.05) is 0 Å². The predicted octanol–water partition coefficient (Wildman–Crippen LogP) is 1.80. The molecule has 1 atom stereocenters. The molecule has 1 N–H and O–H groups in total. The van der Waals surface area contributed by atoms with Crippen LogP contribution in [0, 0.1) is 0 Å². The fraction of sp³-hybridized carbons (Fsp3) is 0.562. The van der Waals surface area contributed by atoms with Gasteiger partial charge in [0.25, 0.3) is 5.91 Å². The third kappa shape index (κ3) is 5.88. The van der Waals surface area contributed by atoms with Gasteiger partial charge in [0.05, 0.1) is 24.4 Å². The SMILES string of the molecule is C.CCOS(=O)CCc1ccc(S(=O)(=O)C(C)(C)C(=O)NOC)cc1. The van der Waals surface area contributed by atoms with Crippen molar-refractivity contribution in [2.45, 2.75) is 44.3 Å². The van der Waals surface area contributed by atoms with E-state index in [1.165, 1.54) is 33.1 Å². The molecule has 0 saturated carbocycles. The van der Waals surface area contributed by atoms with E-state index in [2.05, 4.69) is 10.3 Å². The lowest BCUT2D eigenvalue weighted by molar-refractivity contribution is -0.133. The fourth-order valence-corrected chi connectivity index (χ4v) is 4.01. The molecule has 0 aromatic heterocycles. The average molecular weight is 394 g/mol. The molecule has 0 aliphatic rings. The average Bonchev–Trinajstić information content (AvgIpc) is 2.53. The Bertz CT molecular complexity index is 683. The molecule has 9 heteroatoms. The van der Waals surface area contributed by atoms with E-state index in [9.17, 15) is 17.4 Å². The van der Waals surface area contributed by atoms with Crippen molar-refractivity contribution in [2.75, 3.05) is 19.5 Å². The van der Waals surface area contributed by atoms with Gasteiger partial charge in [-0.2, -0.15) is 0 Å². The molecule has 0 heterocycles. The van der Waals surface area contributed by atoms with Crippen molar-refractivity contribution in [2.24, 2.45) is 0 Å². The maximum Gasteiger partial charge on any atom is 0.264 e. The van der Waals surface area contributed by atoms with Gasteiger partial charge in [-0.1, -0.05) is 19.6 Å². The van der Waals surface area contributed by atoms with Gasteiger partial charge >= 0.3 is 0 Å². The van der Waals surface area contributed by atoms with Crippen molar-refractivity contribution in [1.82, 2.24) is 5.48 Å². The molecular formula is C16H27NO6S2. The summed E-state index contributed by atoms with van der Waals surface area (Å²) in [6.45, 7) is 4.77. The van der Waals surface area contributed by atoms with Crippen molar-refractivity contribution in [3.8, 4) is 0 Å². The molecule has 0 aliphatic carbocycles. The van der Waals surface area contributed by atoms with E-state index in [4.69, 9.17) is 4.18 Å². The number of hydrogen-bond acceptors (Lipinski definition) is 6. The third-order valence-corrected chi connectivity index (χ3v) is 6.91. The first kappa shape index (κ1) is 23.7. The number of aryl methyl sites for hydroxylation is 1. The van der Waals surface area contributed by atoms with Gasteiger partial charge in [0.1, 0.15) is 0 Å². The van der Waals surface area contributed by atoms with E-state index in [0.29, 0.717) is 18.8 Å². The van der Waals surface area contributed by atoms with Gasteiger partial charge in [-0.3, -0.25) is 13.8 Å². The van der Waals surface area contributed by atoms with Gasteiger partial charge in [0.15, 0.2) is 25.7 Å². The minimum absolute atomic E-state index is 0. The fourth-order valence-electron chi connectivity index (χ4n) is 1.86. The lowest BCUT2D eigenvalue weighted by Crippen LogP contribution is -2.47. The van der Waals surface area contributed by atoms with E-state index in [1.54, 1.807) is 19.1 Å². The zero-order valence-corrected chi connectivity index (χ0v) is 15.8. The van der Waals surface area contributed by atoms with Gasteiger partial charge in [-0.25, -0.2) is 18.1 Å². The first-order valence-electron chi connectivity index (χ1n) is 7.35. The summed E-state index contributed by atoms with van der Waals surface area (Å²) in [5, 5.41) is 0. The van der Waals surface area contributed by atoms with Crippen LogP contribution in [0.4, 0.5) is 0 Å². The topological polar surface area (TPSA) is 98.8 Å². The molecule has 1 rings (SSSR count). The monoisotopic (exact) mass is 393 g/mol. The third-order valence-electron chi connectivity index (χ3n) is 3.45. The highest BCUT2D eigenvalue weighted by molar-refractivity contribution is 7.93. The first-order valence-corrected chi connectivity index (χ1v) is 10.1. The summed E-state index contributed by atoms with van der Waals surface area (Å²) in [6.07, 6.45) is 0.500. The molecule has 1 amide bonds. The molecule has 0 radical (unpaired) electrons. The largest absolute Gasteiger partial charge is 0.291 e. The molecule has 0 aliphatic heterocycles. The van der Waals surface area contributed by atoms with E-state index in [1.807, 2.05) is 0 Å². The Morgan fingerprint density at radius 3 is 2.28 bits per heavy atom. The smallest absolute Gasteiger partial charge is 0.264 e. The number of hydrogen-bond donors (Lipinski definition) is 1. The van der Waals surface area contributed by atoms with Crippen LogP contribution in [0.5, 0.6) is 0 Å². The number of carbonyl (C=O) groups is 1. The summed E-state index contributed by atoms with van der Waals surface area (Å²) in [4.78, 5) is 16.5. The highest BCUT2D eigenvalue weighted by Gasteiger charge is 2.43. The first-order chi connectivity index (χ1) is 11.2. The Hall–Kier alpha value is -1.29. The normalized spacial score (nSPS) is 13.0. The van der Waals surface area contributed by atoms with Crippen molar-refractivity contribution in [3.05, 3.63) is 29.8 Å². The molecule has 1 aromatic carbocycles. The zero-order chi connectivity index (χ0) is 18.4. The van der Waals surface area contributed by atoms with E-state index < -0.39 is 31.6 Å². The number of amides is 1. The maximum atomic E-state index is 12.6. The Morgan fingerprint density at radius 2 is 1.80 bits per heavy atom. The quantitative estimate of drug-likeness (QED) is 0.642. The molecule has 25 heavy (non-hydrogen) atoms. The van der Waals surface area contributed by atoms with Crippen LogP contribution in [0.2, 0.25) is 0 Å². The van der Waals surface area contributed by atoms with Crippen LogP contribution in [-0.2, 0) is 41.2 Å². The van der Waals surface area contributed by atoms with Crippen molar-refractivity contribution < 1.29 is 26.4 Å². The van der Waals surface area contributed by atoms with Crippen LogP contribution in [0.1, 0.15) is 33.8 Å². The molecule has 0 spiro atoms. The second-order valence-corrected chi connectivity index (χ2v) is 9.21. The second-order valence-electron chi connectivity index (χ2n) is 5.46. The van der Waals surface area contributed by atoms with Crippen molar-refractivity contribution in [3.63, 3.8) is 0 Å². The lowest BCUT2D eigenvalue weighted by Gasteiger charge is -2.23. The molecule has 1 unspecified atom stereocenters. The molecule has 1 aromatic rings. The van der Waals surface area contributed by atoms with Gasteiger partial charge in [-0.15, -0.1) is 0 Å². The molecule has 0 fully saturated rings. The molecule has 0 bridgehead atoms. The van der Waals surface area contributed by atoms with Crippen LogP contribution in [-0.4, -0.2) is 42.8 Å². The van der Waals surface area contributed by atoms with Gasteiger partial charge < -0.3 is 0 Å². The Morgan fingerprint density at radius 1 is 1.24 bits per heavy atom. The predicted molar refractivity (Wildman–Crippen MR) is 97.9 cm³/mol. The molecular weight excluding hydrogens is 366 g/mol. The molecule has 144 valence electrons. The molecule has 7 nitrogen and oxygen atoms in total. The Balaban J connectivity index is 0.00000576. The summed E-state index contributed by atoms with van der Waals surface area (Å²) in [5.74, 6) is -0.414. The van der Waals surface area contributed by atoms with E-state index >= 15 is 0 Å². The summed E-state index contributed by atoms with van der Waals surface area (Å²) < 4.78 is 40.0. The minimum Gasteiger partial charge on any atom is -0.291 e. The number of benzene rings is 1. The van der Waals surface area contributed by atoms with Crippen molar-refractivity contribution >= 4 is 26.8 Å². The number of carbonyl (C=O) groups excluding carboxylic acids is 1. The number of hydroxylamine groups is 1. The minimum atomic E-state index is -3.89. The van der Waals surface area contributed by atoms with Crippen LogP contribution in [0.15, 0.2) is 29.2 Å². The maximum absolute atomic E-state index is 12.6. The summed E-state index contributed by atoms with van der Waals surface area (Å²) >= 11 is -1.35. The number of nitrogens with one attached hydrogen (secondary N) is 1. The lowest BCUT2D eigenvalue weighted by atomic mass is 10.2. The van der Waals surface area contributed by atoms with E-state index in [0.717, 1.165) is 5.56 Å². The van der Waals surface area contributed by atoms with Gasteiger partial charge in [0.2, 0.25) is 0 Å². The standard InChI is InChI=1S/C15H23NO6S2.CH4/c1-5-22-23(18)11-10-12-6-8-13(9-7-12)24(19,20)15(2,3)14(17)16-21-4;/h6-9H,5,10-11H2,1-4H3,(H,16,17);1H4. The highest BCUT2D eigenvalue weighted by Crippen LogP contribution is 2.26. The summed E-state index contributed by atoms with van der Waals surface area (Å²) in [7, 11) is -2.66. The zero-order valence-electron chi connectivity index (χ0n) is 14.2. The Kier molecular flexibility index (Phi) is 9.49. The van der Waals surface area contributed by atoms with E-state index in [-0.39, 0.29) is 12.3 Å². The van der Waals surface area contributed by atoms with Crippen molar-refractivity contribution in [1.29, 1.82) is 0 Å². The second kappa shape index (κ2) is 10.0. The van der Waals surface area contributed by atoms with Crippen LogP contribution < -0.4 is 5.48 Å². The van der Waals surface area contributed by atoms with Gasteiger partial charge in [-0.05, 0) is 44.9 Å². The summed E-state index contributed by atoms with van der Waals surface area (Å²) in [5.41, 5.74) is 2.89. The Labute approximate surface area is 152 Å².